The Labute approximate surface area is 124 Å². The lowest BCUT2D eigenvalue weighted by atomic mass is 9.71. The van der Waals surface area contributed by atoms with Crippen LogP contribution < -0.4 is 0 Å². The summed E-state index contributed by atoms with van der Waals surface area (Å²) in [6.07, 6.45) is 6.30. The molecule has 2 N–H and O–H groups in total. The standard InChI is InChI=1S/C16H22N2O3/c1-11(19)12-8-14(17-9-12)15(20)18-7-6-16(21)5-3-2-4-13(16)10-18/h8-9,13,17,21H,2-7,10H2,1H3. The predicted molar refractivity (Wildman–Crippen MR) is 78.2 cm³/mol. The Kier molecular flexibility index (Phi) is 3.61. The number of aliphatic hydroxyl groups is 1. The van der Waals surface area contributed by atoms with Crippen molar-refractivity contribution in [3.8, 4) is 0 Å². The summed E-state index contributed by atoms with van der Waals surface area (Å²) >= 11 is 0. The van der Waals surface area contributed by atoms with Crippen LogP contribution in [-0.4, -0.2) is 45.4 Å². The molecule has 3 rings (SSSR count). The molecule has 2 atom stereocenters. The van der Waals surface area contributed by atoms with E-state index in [9.17, 15) is 14.7 Å². The van der Waals surface area contributed by atoms with Crippen molar-refractivity contribution in [1.82, 2.24) is 9.88 Å². The minimum atomic E-state index is -0.574. The van der Waals surface area contributed by atoms with Gasteiger partial charge in [-0.2, -0.15) is 0 Å². The number of nitrogens with one attached hydrogen (secondary N) is 1. The highest BCUT2D eigenvalue weighted by Crippen LogP contribution is 2.39. The molecule has 0 radical (unpaired) electrons. The molecule has 5 heteroatoms. The topological polar surface area (TPSA) is 73.4 Å². The molecule has 0 spiro atoms. The van der Waals surface area contributed by atoms with E-state index in [1.54, 1.807) is 17.2 Å². The number of amides is 1. The van der Waals surface area contributed by atoms with Crippen LogP contribution in [0, 0.1) is 5.92 Å². The van der Waals surface area contributed by atoms with Gasteiger partial charge in [-0.1, -0.05) is 12.8 Å². The van der Waals surface area contributed by atoms with Crippen molar-refractivity contribution in [2.45, 2.75) is 44.6 Å². The second-order valence-electron chi connectivity index (χ2n) is 6.41. The van der Waals surface area contributed by atoms with Crippen LogP contribution >= 0.6 is 0 Å². The SMILES string of the molecule is CC(=O)c1c[nH]c(C(=O)N2CCC3(O)CCCCC3C2)c1. The second kappa shape index (κ2) is 5.30. The molecule has 1 saturated heterocycles. The fourth-order valence-corrected chi connectivity index (χ4v) is 3.65. The maximum absolute atomic E-state index is 12.5. The van der Waals surface area contributed by atoms with Gasteiger partial charge in [0.2, 0.25) is 0 Å². The lowest BCUT2D eigenvalue weighted by Crippen LogP contribution is -2.54. The van der Waals surface area contributed by atoms with Crippen molar-refractivity contribution in [2.75, 3.05) is 13.1 Å². The van der Waals surface area contributed by atoms with Gasteiger partial charge in [0.15, 0.2) is 5.78 Å². The summed E-state index contributed by atoms with van der Waals surface area (Å²) in [5, 5.41) is 10.6. The molecule has 2 unspecified atom stereocenters. The van der Waals surface area contributed by atoms with Crippen molar-refractivity contribution in [1.29, 1.82) is 0 Å². The normalized spacial score (nSPS) is 29.0. The highest BCUT2D eigenvalue weighted by atomic mass is 16.3. The molecule has 21 heavy (non-hydrogen) atoms. The summed E-state index contributed by atoms with van der Waals surface area (Å²) in [4.78, 5) is 28.5. The molecule has 1 saturated carbocycles. The Hall–Kier alpha value is -1.62. The van der Waals surface area contributed by atoms with E-state index in [4.69, 9.17) is 0 Å². The van der Waals surface area contributed by atoms with Crippen LogP contribution in [0.4, 0.5) is 0 Å². The van der Waals surface area contributed by atoms with Gasteiger partial charge in [0.05, 0.1) is 5.60 Å². The number of rotatable bonds is 2. The maximum atomic E-state index is 12.5. The molecule has 2 fully saturated rings. The summed E-state index contributed by atoms with van der Waals surface area (Å²) in [5.41, 5.74) is 0.418. The Morgan fingerprint density at radius 2 is 2.19 bits per heavy atom. The van der Waals surface area contributed by atoms with E-state index in [0.717, 1.165) is 25.7 Å². The number of aromatic amines is 1. The van der Waals surface area contributed by atoms with Crippen LogP contribution in [0.3, 0.4) is 0 Å². The van der Waals surface area contributed by atoms with Crippen molar-refractivity contribution in [2.24, 2.45) is 5.92 Å². The summed E-state index contributed by atoms with van der Waals surface area (Å²) in [7, 11) is 0. The molecule has 1 aromatic rings. The summed E-state index contributed by atoms with van der Waals surface area (Å²) in [6.45, 7) is 2.69. The van der Waals surface area contributed by atoms with E-state index in [0.29, 0.717) is 30.8 Å². The predicted octanol–water partition coefficient (Wildman–Crippen LogP) is 1.98. The monoisotopic (exact) mass is 290 g/mol. The van der Waals surface area contributed by atoms with Gasteiger partial charge in [-0.05, 0) is 32.3 Å². The first-order valence-corrected chi connectivity index (χ1v) is 7.70. The van der Waals surface area contributed by atoms with Crippen molar-refractivity contribution < 1.29 is 14.7 Å². The zero-order valence-electron chi connectivity index (χ0n) is 12.4. The number of carbonyl (C=O) groups excluding carboxylic acids is 2. The Morgan fingerprint density at radius 1 is 1.38 bits per heavy atom. The number of likely N-dealkylation sites (tertiary alicyclic amines) is 1. The fourth-order valence-electron chi connectivity index (χ4n) is 3.65. The lowest BCUT2D eigenvalue weighted by Gasteiger charge is -2.47. The Morgan fingerprint density at radius 3 is 2.90 bits per heavy atom. The number of Topliss-reactive ketones (excluding diaryl/α,β-unsaturated/α-hetero) is 1. The fraction of sp³-hybridized carbons (Fsp3) is 0.625. The summed E-state index contributed by atoms with van der Waals surface area (Å²) in [5.74, 6) is 0.0620. The number of H-pyrrole nitrogens is 1. The minimum Gasteiger partial charge on any atom is -0.389 e. The number of carbonyl (C=O) groups is 2. The van der Waals surface area contributed by atoms with Gasteiger partial charge in [-0.25, -0.2) is 0 Å². The maximum Gasteiger partial charge on any atom is 0.270 e. The molecular formula is C16H22N2O3. The number of piperidine rings is 1. The second-order valence-corrected chi connectivity index (χ2v) is 6.41. The van der Waals surface area contributed by atoms with Crippen LogP contribution in [0.15, 0.2) is 12.3 Å². The molecule has 1 aromatic heterocycles. The lowest BCUT2D eigenvalue weighted by molar-refractivity contribution is -0.0886. The van der Waals surface area contributed by atoms with E-state index in [1.807, 2.05) is 0 Å². The summed E-state index contributed by atoms with van der Waals surface area (Å²) < 4.78 is 0. The van der Waals surface area contributed by atoms with E-state index in [-0.39, 0.29) is 17.6 Å². The van der Waals surface area contributed by atoms with Crippen molar-refractivity contribution in [3.63, 3.8) is 0 Å². The Balaban J connectivity index is 1.72. The van der Waals surface area contributed by atoms with Crippen LogP contribution in [0.5, 0.6) is 0 Å². The van der Waals surface area contributed by atoms with E-state index < -0.39 is 5.60 Å². The largest absolute Gasteiger partial charge is 0.389 e. The Bertz CT molecular complexity index is 566. The minimum absolute atomic E-state index is 0.0504. The van der Waals surface area contributed by atoms with Gasteiger partial charge in [-0.15, -0.1) is 0 Å². The molecular weight excluding hydrogens is 268 g/mol. The first-order chi connectivity index (χ1) is 9.99. The van der Waals surface area contributed by atoms with Gasteiger partial charge >= 0.3 is 0 Å². The average Bonchev–Trinajstić information content (AvgIpc) is 2.95. The first kappa shape index (κ1) is 14.3. The molecule has 1 aliphatic heterocycles. The number of ketones is 1. The van der Waals surface area contributed by atoms with Gasteiger partial charge in [-0.3, -0.25) is 9.59 Å². The first-order valence-electron chi connectivity index (χ1n) is 7.70. The zero-order valence-corrected chi connectivity index (χ0v) is 12.4. The molecule has 114 valence electrons. The van der Waals surface area contributed by atoms with Crippen LogP contribution in [0.25, 0.3) is 0 Å². The third kappa shape index (κ3) is 2.62. The van der Waals surface area contributed by atoms with Gasteiger partial charge in [0.25, 0.3) is 5.91 Å². The molecule has 2 heterocycles. The van der Waals surface area contributed by atoms with Crippen LogP contribution in [0.1, 0.15) is 59.9 Å². The third-order valence-electron chi connectivity index (χ3n) is 5.03. The third-order valence-corrected chi connectivity index (χ3v) is 5.03. The number of nitrogens with zero attached hydrogens (tertiary/aromatic N) is 1. The highest BCUT2D eigenvalue weighted by Gasteiger charge is 2.43. The van der Waals surface area contributed by atoms with E-state index in [2.05, 4.69) is 4.98 Å². The molecule has 1 aliphatic carbocycles. The van der Waals surface area contributed by atoms with E-state index >= 15 is 0 Å². The molecule has 5 nitrogen and oxygen atoms in total. The number of hydrogen-bond donors (Lipinski definition) is 2. The molecule has 0 aromatic carbocycles. The molecule has 0 bridgehead atoms. The number of fused-ring (bicyclic) bond motifs is 1. The van der Waals surface area contributed by atoms with Gasteiger partial charge < -0.3 is 15.0 Å². The smallest absolute Gasteiger partial charge is 0.270 e. The van der Waals surface area contributed by atoms with Gasteiger partial charge in [0.1, 0.15) is 5.69 Å². The van der Waals surface area contributed by atoms with E-state index in [1.165, 1.54) is 6.92 Å². The molecule has 2 aliphatic rings. The summed E-state index contributed by atoms with van der Waals surface area (Å²) in [6, 6.07) is 1.62. The van der Waals surface area contributed by atoms with Crippen molar-refractivity contribution >= 4 is 11.7 Å². The quantitative estimate of drug-likeness (QED) is 0.818. The molecule has 1 amide bonds. The number of aromatic nitrogens is 1. The van der Waals surface area contributed by atoms with Crippen LogP contribution in [-0.2, 0) is 0 Å². The highest BCUT2D eigenvalue weighted by molar-refractivity contribution is 5.99. The van der Waals surface area contributed by atoms with Gasteiger partial charge in [0, 0.05) is 30.8 Å². The zero-order chi connectivity index (χ0) is 15.0. The average molecular weight is 290 g/mol. The van der Waals surface area contributed by atoms with Crippen molar-refractivity contribution in [3.05, 3.63) is 23.5 Å². The van der Waals surface area contributed by atoms with Crippen LogP contribution in [0.2, 0.25) is 0 Å². The number of hydrogen-bond acceptors (Lipinski definition) is 3.